The van der Waals surface area contributed by atoms with Crippen LogP contribution in [-0.2, 0) is 14.2 Å². The summed E-state index contributed by atoms with van der Waals surface area (Å²) in [5.41, 5.74) is 6.22. The van der Waals surface area contributed by atoms with Crippen LogP contribution in [-0.4, -0.2) is 37.8 Å². The van der Waals surface area contributed by atoms with Gasteiger partial charge in [0.15, 0.2) is 5.79 Å². The van der Waals surface area contributed by atoms with E-state index in [0.717, 1.165) is 25.9 Å². The van der Waals surface area contributed by atoms with E-state index >= 15 is 0 Å². The average molecular weight is 285 g/mol. The van der Waals surface area contributed by atoms with E-state index in [0.29, 0.717) is 19.1 Å². The van der Waals surface area contributed by atoms with E-state index < -0.39 is 5.79 Å². The monoisotopic (exact) mass is 285 g/mol. The normalized spacial score (nSPS) is 30.8. The van der Waals surface area contributed by atoms with E-state index in [9.17, 15) is 0 Å². The molecule has 3 unspecified atom stereocenters. The Balaban J connectivity index is 1.80. The molecule has 2 N–H and O–H groups in total. The summed E-state index contributed by atoms with van der Waals surface area (Å²) in [7, 11) is 0. The molecule has 0 aromatic carbocycles. The quantitative estimate of drug-likeness (QED) is 0.781. The van der Waals surface area contributed by atoms with E-state index in [2.05, 4.69) is 13.8 Å². The van der Waals surface area contributed by atoms with Crippen LogP contribution in [0.15, 0.2) is 0 Å². The summed E-state index contributed by atoms with van der Waals surface area (Å²) in [6.07, 6.45) is 7.68. The molecule has 4 heteroatoms. The summed E-state index contributed by atoms with van der Waals surface area (Å²) >= 11 is 0. The molecule has 118 valence electrons. The van der Waals surface area contributed by atoms with Gasteiger partial charge >= 0.3 is 0 Å². The van der Waals surface area contributed by atoms with Crippen molar-refractivity contribution in [3.8, 4) is 0 Å². The molecule has 1 heterocycles. The van der Waals surface area contributed by atoms with E-state index in [4.69, 9.17) is 19.9 Å². The van der Waals surface area contributed by atoms with Gasteiger partial charge < -0.3 is 19.9 Å². The maximum Gasteiger partial charge on any atom is 0.171 e. The fraction of sp³-hybridized carbons (Fsp3) is 1.00. The molecule has 0 amide bonds. The Labute approximate surface area is 123 Å². The predicted molar refractivity (Wildman–Crippen MR) is 79.5 cm³/mol. The lowest BCUT2D eigenvalue weighted by atomic mass is 9.87. The third-order valence-electron chi connectivity index (χ3n) is 4.75. The van der Waals surface area contributed by atoms with Gasteiger partial charge in [0.1, 0.15) is 0 Å². The maximum atomic E-state index is 6.22. The minimum absolute atomic E-state index is 0.0810. The van der Waals surface area contributed by atoms with Crippen LogP contribution >= 0.6 is 0 Å². The fourth-order valence-electron chi connectivity index (χ4n) is 3.23. The smallest absolute Gasteiger partial charge is 0.171 e. The van der Waals surface area contributed by atoms with Gasteiger partial charge in [0, 0.05) is 25.5 Å². The Morgan fingerprint density at radius 2 is 2.05 bits per heavy atom. The molecule has 1 spiro atoms. The van der Waals surface area contributed by atoms with Crippen molar-refractivity contribution < 1.29 is 14.2 Å². The molecule has 20 heavy (non-hydrogen) atoms. The number of rotatable bonds is 7. The lowest BCUT2D eigenvalue weighted by Gasteiger charge is -2.39. The first-order valence-electron chi connectivity index (χ1n) is 8.34. The van der Waals surface area contributed by atoms with Crippen LogP contribution in [0.5, 0.6) is 0 Å². The summed E-state index contributed by atoms with van der Waals surface area (Å²) in [5.74, 6) is 0.261. The van der Waals surface area contributed by atoms with Gasteiger partial charge in [0.2, 0.25) is 0 Å². The Kier molecular flexibility index (Phi) is 6.27. The van der Waals surface area contributed by atoms with Crippen molar-refractivity contribution in [1.82, 2.24) is 0 Å². The van der Waals surface area contributed by atoms with Crippen molar-refractivity contribution in [1.29, 1.82) is 0 Å². The largest absolute Gasteiger partial charge is 0.376 e. The van der Waals surface area contributed by atoms with Crippen molar-refractivity contribution in [3.05, 3.63) is 0 Å². The third-order valence-corrected chi connectivity index (χ3v) is 4.75. The zero-order chi connectivity index (χ0) is 14.4. The molecule has 0 aromatic heterocycles. The van der Waals surface area contributed by atoms with Crippen LogP contribution in [0.1, 0.15) is 58.8 Å². The van der Waals surface area contributed by atoms with Crippen LogP contribution in [0.2, 0.25) is 0 Å². The second-order valence-electron chi connectivity index (χ2n) is 6.30. The van der Waals surface area contributed by atoms with Crippen molar-refractivity contribution in [2.45, 2.75) is 76.7 Å². The fourth-order valence-corrected chi connectivity index (χ4v) is 3.23. The molecular weight excluding hydrogens is 254 g/mol. The molecule has 4 nitrogen and oxygen atoms in total. The first-order valence-corrected chi connectivity index (χ1v) is 8.34. The highest BCUT2D eigenvalue weighted by atomic mass is 16.7. The van der Waals surface area contributed by atoms with E-state index in [-0.39, 0.29) is 12.1 Å². The predicted octanol–water partition coefficient (Wildman–Crippen LogP) is 2.84. The van der Waals surface area contributed by atoms with Gasteiger partial charge in [0.25, 0.3) is 0 Å². The van der Waals surface area contributed by atoms with Crippen LogP contribution in [0, 0.1) is 5.92 Å². The van der Waals surface area contributed by atoms with Gasteiger partial charge in [-0.2, -0.15) is 0 Å². The molecule has 2 rings (SSSR count). The Hall–Kier alpha value is -0.160. The highest BCUT2D eigenvalue weighted by Crippen LogP contribution is 2.36. The summed E-state index contributed by atoms with van der Waals surface area (Å²) in [6, 6.07) is 0.122. The lowest BCUT2D eigenvalue weighted by molar-refractivity contribution is -0.206. The molecule has 1 saturated heterocycles. The third kappa shape index (κ3) is 4.17. The lowest BCUT2D eigenvalue weighted by Crippen LogP contribution is -2.50. The molecule has 2 fully saturated rings. The molecular formula is C16H31NO3. The minimum Gasteiger partial charge on any atom is -0.376 e. The summed E-state index contributed by atoms with van der Waals surface area (Å²) in [6.45, 7) is 6.72. The minimum atomic E-state index is -0.397. The number of nitrogens with two attached hydrogens (primary N) is 1. The van der Waals surface area contributed by atoms with E-state index in [1.807, 2.05) is 0 Å². The topological polar surface area (TPSA) is 53.7 Å². The summed E-state index contributed by atoms with van der Waals surface area (Å²) in [4.78, 5) is 0. The summed E-state index contributed by atoms with van der Waals surface area (Å²) < 4.78 is 17.7. The van der Waals surface area contributed by atoms with Crippen molar-refractivity contribution in [2.24, 2.45) is 11.7 Å². The Morgan fingerprint density at radius 1 is 1.30 bits per heavy atom. The number of hydrogen-bond donors (Lipinski definition) is 1. The molecule has 0 bridgehead atoms. The zero-order valence-corrected chi connectivity index (χ0v) is 13.1. The molecule has 0 aromatic rings. The maximum absolute atomic E-state index is 6.22. The number of ether oxygens (including phenoxy) is 3. The van der Waals surface area contributed by atoms with Gasteiger partial charge in [-0.05, 0) is 18.8 Å². The van der Waals surface area contributed by atoms with E-state index in [1.165, 1.54) is 25.7 Å². The summed E-state index contributed by atoms with van der Waals surface area (Å²) in [5, 5.41) is 0. The van der Waals surface area contributed by atoms with Crippen molar-refractivity contribution in [2.75, 3.05) is 19.8 Å². The number of hydrogen-bond acceptors (Lipinski definition) is 4. The molecule has 3 atom stereocenters. The molecule has 1 aliphatic carbocycles. The molecule has 1 saturated carbocycles. The van der Waals surface area contributed by atoms with Gasteiger partial charge in [-0.25, -0.2) is 0 Å². The second kappa shape index (κ2) is 7.74. The Morgan fingerprint density at radius 3 is 2.70 bits per heavy atom. The van der Waals surface area contributed by atoms with Crippen molar-refractivity contribution >= 4 is 0 Å². The highest BCUT2D eigenvalue weighted by Gasteiger charge is 2.44. The van der Waals surface area contributed by atoms with Crippen LogP contribution in [0.3, 0.4) is 0 Å². The first kappa shape index (κ1) is 16.2. The average Bonchev–Trinajstić information content (AvgIpc) is 2.91. The standard InChI is InChI=1S/C16H31NO3/c1-3-5-6-13(4-2)12-18-15-11-16(8-7-14(15)17)19-9-10-20-16/h13-15H,3-12,17H2,1-2H3. The molecule has 0 radical (unpaired) electrons. The SMILES string of the molecule is CCCCC(CC)COC1CC2(CCC1N)OCCO2. The van der Waals surface area contributed by atoms with Gasteiger partial charge in [-0.15, -0.1) is 0 Å². The van der Waals surface area contributed by atoms with Crippen LogP contribution in [0.4, 0.5) is 0 Å². The van der Waals surface area contributed by atoms with Gasteiger partial charge in [-0.1, -0.05) is 33.1 Å². The van der Waals surface area contributed by atoms with Crippen LogP contribution < -0.4 is 5.73 Å². The number of unbranched alkanes of at least 4 members (excludes halogenated alkanes) is 1. The van der Waals surface area contributed by atoms with E-state index in [1.54, 1.807) is 0 Å². The van der Waals surface area contributed by atoms with Gasteiger partial charge in [-0.3, -0.25) is 0 Å². The zero-order valence-electron chi connectivity index (χ0n) is 13.1. The Bertz CT molecular complexity index is 279. The molecule has 2 aliphatic rings. The molecule has 1 aliphatic heterocycles. The first-order chi connectivity index (χ1) is 9.69. The van der Waals surface area contributed by atoms with Crippen LogP contribution in [0.25, 0.3) is 0 Å². The van der Waals surface area contributed by atoms with Gasteiger partial charge in [0.05, 0.1) is 19.3 Å². The second-order valence-corrected chi connectivity index (χ2v) is 6.30. The van der Waals surface area contributed by atoms with Crippen molar-refractivity contribution in [3.63, 3.8) is 0 Å². The highest BCUT2D eigenvalue weighted by molar-refractivity contribution is 4.90.